The number of hydrogen-bond acceptors (Lipinski definition) is 3. The summed E-state index contributed by atoms with van der Waals surface area (Å²) >= 11 is 0. The van der Waals surface area contributed by atoms with Crippen LogP contribution in [0, 0.1) is 20.8 Å². The van der Waals surface area contributed by atoms with Crippen molar-refractivity contribution in [2.75, 3.05) is 7.05 Å². The van der Waals surface area contributed by atoms with E-state index in [0.717, 1.165) is 16.9 Å². The maximum Gasteiger partial charge on any atom is 0.412 e. The Hall–Kier alpha value is -2.49. The van der Waals surface area contributed by atoms with Crippen molar-refractivity contribution in [1.29, 1.82) is 0 Å². The summed E-state index contributed by atoms with van der Waals surface area (Å²) in [6.07, 6.45) is 1.90. The van der Waals surface area contributed by atoms with Crippen LogP contribution in [0.25, 0.3) is 0 Å². The van der Waals surface area contributed by atoms with Gasteiger partial charge in [-0.15, -0.1) is 0 Å². The quantitative estimate of drug-likeness (QED) is 0.852. The molecule has 2 aromatic carbocycles. The van der Waals surface area contributed by atoms with Crippen molar-refractivity contribution >= 4 is 6.09 Å². The molecule has 0 aliphatic heterocycles. The van der Waals surface area contributed by atoms with Crippen LogP contribution in [0.5, 0.6) is 11.5 Å². The Bertz CT molecular complexity index is 794. The van der Waals surface area contributed by atoms with E-state index in [1.807, 2.05) is 12.1 Å². The highest BCUT2D eigenvalue weighted by Gasteiger charge is 2.28. The van der Waals surface area contributed by atoms with Gasteiger partial charge in [0.2, 0.25) is 0 Å². The zero-order valence-electron chi connectivity index (χ0n) is 15.3. The van der Waals surface area contributed by atoms with E-state index < -0.39 is 6.09 Å². The summed E-state index contributed by atoms with van der Waals surface area (Å²) in [7, 11) is 1.56. The first kappa shape index (κ1) is 17.3. The fourth-order valence-electron chi connectivity index (χ4n) is 3.00. The highest BCUT2D eigenvalue weighted by atomic mass is 16.6. The highest BCUT2D eigenvalue weighted by molar-refractivity contribution is 5.70. The van der Waals surface area contributed by atoms with Gasteiger partial charge in [0.15, 0.2) is 0 Å². The van der Waals surface area contributed by atoms with E-state index in [2.05, 4.69) is 44.3 Å². The number of amides is 1. The predicted octanol–water partition coefficient (Wildman–Crippen LogP) is 4.79. The van der Waals surface area contributed by atoms with E-state index >= 15 is 0 Å². The summed E-state index contributed by atoms with van der Waals surface area (Å²) in [6.45, 7) is 6.63. The monoisotopic (exact) mass is 339 g/mol. The molecule has 0 spiro atoms. The average Bonchev–Trinajstić information content (AvgIpc) is 3.42. The minimum atomic E-state index is -0.462. The molecule has 1 saturated carbocycles. The second kappa shape index (κ2) is 7.18. The molecule has 1 aliphatic carbocycles. The van der Waals surface area contributed by atoms with Crippen molar-refractivity contribution in [2.24, 2.45) is 0 Å². The number of nitrogens with one attached hydrogen (secondary N) is 1. The van der Waals surface area contributed by atoms with Crippen LogP contribution < -0.4 is 14.8 Å². The van der Waals surface area contributed by atoms with Gasteiger partial charge in [0.05, 0.1) is 0 Å². The van der Waals surface area contributed by atoms with Gasteiger partial charge in [0.1, 0.15) is 18.1 Å². The molecule has 0 atom stereocenters. The second-order valence-corrected chi connectivity index (χ2v) is 6.73. The van der Waals surface area contributed by atoms with E-state index in [1.165, 1.54) is 29.5 Å². The van der Waals surface area contributed by atoms with Crippen LogP contribution in [0.1, 0.15) is 46.6 Å². The third-order valence-corrected chi connectivity index (χ3v) is 4.76. The second-order valence-electron chi connectivity index (χ2n) is 6.73. The normalized spacial score (nSPS) is 13.4. The van der Waals surface area contributed by atoms with Crippen molar-refractivity contribution in [3.05, 3.63) is 58.1 Å². The van der Waals surface area contributed by atoms with Crippen molar-refractivity contribution < 1.29 is 14.3 Å². The molecule has 0 unspecified atom stereocenters. The molecule has 0 heterocycles. The Morgan fingerprint density at radius 2 is 1.80 bits per heavy atom. The number of benzene rings is 2. The SMILES string of the molecule is CNC(=O)Oc1cccc(C2CC2)c1COc1cc(C)c(C)cc1C. The molecule has 4 heteroatoms. The van der Waals surface area contributed by atoms with Gasteiger partial charge in [-0.2, -0.15) is 0 Å². The Kier molecular flexibility index (Phi) is 4.98. The number of hydrogen-bond donors (Lipinski definition) is 1. The van der Waals surface area contributed by atoms with E-state index in [-0.39, 0.29) is 0 Å². The maximum atomic E-state index is 11.7. The van der Waals surface area contributed by atoms with Gasteiger partial charge in [-0.1, -0.05) is 18.2 Å². The smallest absolute Gasteiger partial charge is 0.412 e. The molecule has 3 rings (SSSR count). The van der Waals surface area contributed by atoms with E-state index in [0.29, 0.717) is 18.3 Å². The van der Waals surface area contributed by atoms with Gasteiger partial charge in [0, 0.05) is 12.6 Å². The molecule has 0 saturated heterocycles. The van der Waals surface area contributed by atoms with E-state index in [9.17, 15) is 4.79 Å². The zero-order valence-corrected chi connectivity index (χ0v) is 15.3. The van der Waals surface area contributed by atoms with Gasteiger partial charge in [-0.05, 0) is 73.9 Å². The maximum absolute atomic E-state index is 11.7. The predicted molar refractivity (Wildman–Crippen MR) is 98.5 cm³/mol. The number of ether oxygens (including phenoxy) is 2. The van der Waals surface area contributed by atoms with Crippen LogP contribution in [-0.2, 0) is 6.61 Å². The third kappa shape index (κ3) is 3.95. The molecule has 0 aromatic heterocycles. The molecule has 2 aromatic rings. The number of carbonyl (C=O) groups is 1. The van der Waals surface area contributed by atoms with Gasteiger partial charge in [-0.25, -0.2) is 4.79 Å². The lowest BCUT2D eigenvalue weighted by atomic mass is 10.0. The fourth-order valence-corrected chi connectivity index (χ4v) is 3.00. The van der Waals surface area contributed by atoms with E-state index in [4.69, 9.17) is 9.47 Å². The largest absolute Gasteiger partial charge is 0.488 e. The summed E-state index contributed by atoms with van der Waals surface area (Å²) in [6, 6.07) is 10.1. The number of carbonyl (C=O) groups excluding carboxylic acids is 1. The van der Waals surface area contributed by atoms with Crippen molar-refractivity contribution in [3.63, 3.8) is 0 Å². The molecule has 4 nitrogen and oxygen atoms in total. The standard InChI is InChI=1S/C21H25NO3/c1-13-10-15(3)20(11-14(13)2)24-12-18-17(16-8-9-16)6-5-7-19(18)25-21(23)22-4/h5-7,10-11,16H,8-9,12H2,1-4H3,(H,22,23). The summed E-state index contributed by atoms with van der Waals surface area (Å²) in [5.74, 6) is 2.00. The molecule has 1 fully saturated rings. The van der Waals surface area contributed by atoms with Crippen LogP contribution >= 0.6 is 0 Å². The molecule has 1 amide bonds. The lowest BCUT2D eigenvalue weighted by Crippen LogP contribution is -2.23. The van der Waals surface area contributed by atoms with Crippen molar-refractivity contribution in [2.45, 2.75) is 46.1 Å². The van der Waals surface area contributed by atoms with Crippen molar-refractivity contribution in [3.8, 4) is 11.5 Å². The first-order valence-electron chi connectivity index (χ1n) is 8.71. The summed E-state index contributed by atoms with van der Waals surface area (Å²) in [5, 5.41) is 2.50. The average molecular weight is 339 g/mol. The summed E-state index contributed by atoms with van der Waals surface area (Å²) in [5.41, 5.74) is 5.76. The van der Waals surface area contributed by atoms with Crippen molar-refractivity contribution in [1.82, 2.24) is 5.32 Å². The zero-order chi connectivity index (χ0) is 18.0. The lowest BCUT2D eigenvalue weighted by molar-refractivity contribution is 0.201. The Balaban J connectivity index is 1.88. The third-order valence-electron chi connectivity index (χ3n) is 4.76. The Labute approximate surface area is 149 Å². The van der Waals surface area contributed by atoms with E-state index in [1.54, 1.807) is 7.05 Å². The molecular weight excluding hydrogens is 314 g/mol. The summed E-state index contributed by atoms with van der Waals surface area (Å²) < 4.78 is 11.6. The topological polar surface area (TPSA) is 47.6 Å². The van der Waals surface area contributed by atoms with Crippen LogP contribution in [0.2, 0.25) is 0 Å². The number of aryl methyl sites for hydroxylation is 3. The van der Waals surface area contributed by atoms with Gasteiger partial charge in [-0.3, -0.25) is 0 Å². The first-order chi connectivity index (χ1) is 12.0. The Morgan fingerprint density at radius 3 is 2.48 bits per heavy atom. The first-order valence-corrected chi connectivity index (χ1v) is 8.71. The molecule has 0 radical (unpaired) electrons. The molecule has 25 heavy (non-hydrogen) atoms. The van der Waals surface area contributed by atoms with Gasteiger partial charge >= 0.3 is 6.09 Å². The molecule has 1 aliphatic rings. The minimum absolute atomic E-state index is 0.391. The van der Waals surface area contributed by atoms with Gasteiger partial charge < -0.3 is 14.8 Å². The molecule has 132 valence electrons. The Morgan fingerprint density at radius 1 is 1.08 bits per heavy atom. The molecule has 0 bridgehead atoms. The highest BCUT2D eigenvalue weighted by Crippen LogP contribution is 2.44. The van der Waals surface area contributed by atoms with Crippen LogP contribution in [0.3, 0.4) is 0 Å². The van der Waals surface area contributed by atoms with Gasteiger partial charge in [0.25, 0.3) is 0 Å². The molecule has 1 N–H and O–H groups in total. The minimum Gasteiger partial charge on any atom is -0.488 e. The number of rotatable bonds is 5. The fraction of sp³-hybridized carbons (Fsp3) is 0.381. The lowest BCUT2D eigenvalue weighted by Gasteiger charge is -2.17. The van der Waals surface area contributed by atoms with Crippen LogP contribution in [0.4, 0.5) is 4.79 Å². The molecular formula is C21H25NO3. The van der Waals surface area contributed by atoms with Crippen LogP contribution in [0.15, 0.2) is 30.3 Å². The van der Waals surface area contributed by atoms with Crippen LogP contribution in [-0.4, -0.2) is 13.1 Å². The summed E-state index contributed by atoms with van der Waals surface area (Å²) in [4.78, 5) is 11.7.